The maximum Gasteiger partial charge on any atom is 0.0654 e. The largest absolute Gasteiger partial charge is 0.390 e. The third-order valence-corrected chi connectivity index (χ3v) is 10.7. The third-order valence-electron chi connectivity index (χ3n) is 10.7. The second kappa shape index (κ2) is 37.4. The van der Waals surface area contributed by atoms with Crippen LogP contribution in [0.5, 0.6) is 0 Å². The minimum absolute atomic E-state index is 0.448. The molecule has 0 saturated carbocycles. The Morgan fingerprint density at radius 3 is 1.31 bits per heavy atom. The van der Waals surface area contributed by atoms with Crippen molar-refractivity contribution >= 4 is 0 Å². The lowest BCUT2D eigenvalue weighted by atomic mass is 9.87. The fraction of sp³-hybridized carbons (Fsp3) is 0.887. The van der Waals surface area contributed by atoms with E-state index in [2.05, 4.69) is 143 Å². The molecule has 332 valence electrons. The highest BCUT2D eigenvalue weighted by Gasteiger charge is 2.21. The lowest BCUT2D eigenvalue weighted by Gasteiger charge is -2.26. The van der Waals surface area contributed by atoms with E-state index in [1.54, 1.807) is 5.57 Å². The van der Waals surface area contributed by atoms with Crippen LogP contribution < -0.4 is 0 Å². The fourth-order valence-corrected chi connectivity index (χ4v) is 5.68. The summed E-state index contributed by atoms with van der Waals surface area (Å²) in [5.74, 6) is 5.47. The second-order valence-corrected chi connectivity index (χ2v) is 20.8. The van der Waals surface area contributed by atoms with Gasteiger partial charge in [-0.05, 0) is 166 Å². The van der Waals surface area contributed by atoms with E-state index >= 15 is 0 Å². The van der Waals surface area contributed by atoms with Crippen molar-refractivity contribution in [2.45, 2.75) is 265 Å². The molecule has 2 N–H and O–H groups in total. The molecule has 3 atom stereocenters. The molecule has 0 aliphatic rings. The van der Waals surface area contributed by atoms with Crippen LogP contribution in [0, 0.1) is 41.4 Å². The molecule has 0 aliphatic heterocycles. The Morgan fingerprint density at radius 2 is 0.873 bits per heavy atom. The average molecular weight is 777 g/mol. The number of allylic oxidation sites excluding steroid dienone is 5. The minimum atomic E-state index is -0.513. The molecule has 0 heterocycles. The summed E-state index contributed by atoms with van der Waals surface area (Å²) in [5.41, 5.74) is 3.52. The third kappa shape index (κ3) is 55.3. The Labute approximate surface area is 350 Å². The maximum atomic E-state index is 10.3. The SMILES string of the molecule is C/C(=C\CC(C)C)CCCC(C)C.CC(C)CCC[C@@H](C)CCC(C)(O)CCC(C)C.CC/C(C)=C/CC(C)(O)CCC(C)C.CC/C(C)=C/CCC(C)C. The molecule has 2 nitrogen and oxygen atoms in total. The Hall–Kier alpha value is -0.860. The summed E-state index contributed by atoms with van der Waals surface area (Å²) in [6.45, 7) is 44.4. The normalized spacial score (nSPS) is 15.4. The highest BCUT2D eigenvalue weighted by Crippen LogP contribution is 2.26. The highest BCUT2D eigenvalue weighted by molar-refractivity contribution is 5.00. The Bertz CT molecular complexity index is 909. The van der Waals surface area contributed by atoms with Crippen LogP contribution in [-0.4, -0.2) is 21.4 Å². The number of hydrogen-bond donors (Lipinski definition) is 2. The lowest BCUT2D eigenvalue weighted by molar-refractivity contribution is 0.0305. The van der Waals surface area contributed by atoms with Crippen molar-refractivity contribution in [1.82, 2.24) is 0 Å². The molecule has 0 saturated heterocycles. The van der Waals surface area contributed by atoms with E-state index in [1.807, 2.05) is 13.8 Å². The predicted molar refractivity (Wildman–Crippen MR) is 255 cm³/mol. The number of aliphatic hydroxyl groups is 2. The van der Waals surface area contributed by atoms with Crippen molar-refractivity contribution in [2.75, 3.05) is 0 Å². The van der Waals surface area contributed by atoms with Crippen LogP contribution in [0.4, 0.5) is 0 Å². The van der Waals surface area contributed by atoms with Gasteiger partial charge in [0, 0.05) is 0 Å². The summed E-state index contributed by atoms with van der Waals surface area (Å²) in [6, 6.07) is 0. The van der Waals surface area contributed by atoms with Crippen LogP contribution in [0.3, 0.4) is 0 Å². The zero-order valence-corrected chi connectivity index (χ0v) is 41.9. The van der Waals surface area contributed by atoms with Gasteiger partial charge in [0.05, 0.1) is 11.2 Å². The summed E-state index contributed by atoms with van der Waals surface area (Å²) in [7, 11) is 0. The molecule has 55 heavy (non-hydrogen) atoms. The first-order valence-corrected chi connectivity index (χ1v) is 23.7. The quantitative estimate of drug-likeness (QED) is 0.0859. The molecule has 0 aromatic heterocycles. The van der Waals surface area contributed by atoms with E-state index in [0.29, 0.717) is 11.8 Å². The Balaban J connectivity index is -0.000000322. The van der Waals surface area contributed by atoms with Gasteiger partial charge < -0.3 is 10.2 Å². The predicted octanol–water partition coefficient (Wildman–Crippen LogP) is 17.9. The molecular weight excluding hydrogens is 669 g/mol. The average Bonchev–Trinajstić information content (AvgIpc) is 3.07. The van der Waals surface area contributed by atoms with Crippen molar-refractivity contribution in [3.05, 3.63) is 34.9 Å². The number of hydrogen-bond acceptors (Lipinski definition) is 2. The molecular formula is C53H108O2. The van der Waals surface area contributed by atoms with Gasteiger partial charge in [-0.3, -0.25) is 0 Å². The minimum Gasteiger partial charge on any atom is -0.390 e. The van der Waals surface area contributed by atoms with Crippen molar-refractivity contribution in [3.63, 3.8) is 0 Å². The van der Waals surface area contributed by atoms with Gasteiger partial charge in [0.25, 0.3) is 0 Å². The first-order valence-electron chi connectivity index (χ1n) is 23.7. The van der Waals surface area contributed by atoms with Crippen molar-refractivity contribution in [2.24, 2.45) is 41.4 Å². The van der Waals surface area contributed by atoms with Gasteiger partial charge in [0.1, 0.15) is 0 Å². The van der Waals surface area contributed by atoms with E-state index in [0.717, 1.165) is 74.5 Å². The van der Waals surface area contributed by atoms with Crippen LogP contribution in [0.25, 0.3) is 0 Å². The van der Waals surface area contributed by atoms with Gasteiger partial charge in [-0.15, -0.1) is 0 Å². The van der Waals surface area contributed by atoms with Crippen molar-refractivity contribution in [1.29, 1.82) is 0 Å². The fourth-order valence-electron chi connectivity index (χ4n) is 5.68. The van der Waals surface area contributed by atoms with E-state index in [4.69, 9.17) is 0 Å². The van der Waals surface area contributed by atoms with Gasteiger partial charge in [0.15, 0.2) is 0 Å². The Kier molecular flexibility index (Phi) is 41.4. The molecule has 0 spiro atoms. The van der Waals surface area contributed by atoms with Crippen molar-refractivity contribution in [3.8, 4) is 0 Å². The standard InChI is InChI=1S/C17H36O.C13H26O.C13H26.C10H20/c1-14(2)8-7-9-16(5)11-13-17(6,18)12-10-15(3)4;1-6-12(4)8-10-13(5,14)9-7-11(2)3;1-11(2)7-6-8-13(5)10-9-12(3)4;1-5-10(4)8-6-7-9(2)3/h14-16,18H,7-13H2,1-6H3;8,11,14H,6-7,9-10H2,1-5H3;10-12H,6-9H2,1-5H3;8-9H,5-7H2,1-4H3/b;12-8+;13-10+;10-8+/t16-,17?;;;/m1.../s1. The molecule has 0 rings (SSSR count). The maximum absolute atomic E-state index is 10.3. The summed E-state index contributed by atoms with van der Waals surface area (Å²) in [6.07, 6.45) is 28.1. The van der Waals surface area contributed by atoms with E-state index in [-0.39, 0.29) is 0 Å². The smallest absolute Gasteiger partial charge is 0.0654 e. The molecule has 0 aliphatic carbocycles. The molecule has 0 amide bonds. The summed E-state index contributed by atoms with van der Waals surface area (Å²) in [4.78, 5) is 0. The van der Waals surface area contributed by atoms with Crippen LogP contribution in [0.1, 0.15) is 254 Å². The highest BCUT2D eigenvalue weighted by atomic mass is 16.3. The van der Waals surface area contributed by atoms with Gasteiger partial charge in [0.2, 0.25) is 0 Å². The monoisotopic (exact) mass is 777 g/mol. The zero-order valence-electron chi connectivity index (χ0n) is 41.9. The molecule has 0 aromatic rings. The lowest BCUT2D eigenvalue weighted by Crippen LogP contribution is -2.25. The first kappa shape index (κ1) is 60.8. The van der Waals surface area contributed by atoms with E-state index < -0.39 is 11.2 Å². The van der Waals surface area contributed by atoms with Crippen LogP contribution in [-0.2, 0) is 0 Å². The van der Waals surface area contributed by atoms with Crippen LogP contribution >= 0.6 is 0 Å². The van der Waals surface area contributed by atoms with E-state index in [1.165, 1.54) is 81.8 Å². The van der Waals surface area contributed by atoms with Gasteiger partial charge in [-0.25, -0.2) is 0 Å². The zero-order chi connectivity index (χ0) is 43.6. The molecule has 2 heteroatoms. The molecule has 2 unspecified atom stereocenters. The first-order chi connectivity index (χ1) is 25.3. The van der Waals surface area contributed by atoms with Crippen molar-refractivity contribution < 1.29 is 10.2 Å². The number of rotatable bonds is 26. The molecule has 0 aromatic carbocycles. The molecule has 0 radical (unpaired) electrons. The van der Waals surface area contributed by atoms with Crippen LogP contribution in [0.2, 0.25) is 0 Å². The summed E-state index contributed by atoms with van der Waals surface area (Å²) < 4.78 is 0. The topological polar surface area (TPSA) is 40.5 Å². The van der Waals surface area contributed by atoms with Gasteiger partial charge in [-0.1, -0.05) is 164 Å². The second-order valence-electron chi connectivity index (χ2n) is 20.8. The van der Waals surface area contributed by atoms with E-state index in [9.17, 15) is 10.2 Å². The van der Waals surface area contributed by atoms with Gasteiger partial charge >= 0.3 is 0 Å². The van der Waals surface area contributed by atoms with Crippen LogP contribution in [0.15, 0.2) is 34.9 Å². The summed E-state index contributed by atoms with van der Waals surface area (Å²) in [5, 5.41) is 20.4. The van der Waals surface area contributed by atoms with Gasteiger partial charge in [-0.2, -0.15) is 0 Å². The molecule has 0 fully saturated rings. The molecule has 0 bridgehead atoms. The Morgan fingerprint density at radius 1 is 0.455 bits per heavy atom. The summed E-state index contributed by atoms with van der Waals surface area (Å²) >= 11 is 0.